The van der Waals surface area contributed by atoms with Crippen molar-refractivity contribution in [3.63, 3.8) is 0 Å². The summed E-state index contributed by atoms with van der Waals surface area (Å²) in [4.78, 5) is 2.51. The molecule has 1 aliphatic carbocycles. The van der Waals surface area contributed by atoms with Crippen LogP contribution in [0.3, 0.4) is 0 Å². The lowest BCUT2D eigenvalue weighted by Gasteiger charge is -2.49. The van der Waals surface area contributed by atoms with Crippen LogP contribution in [0.4, 0.5) is 10.1 Å². The number of piperidine rings is 1. The van der Waals surface area contributed by atoms with E-state index in [9.17, 15) is 9.50 Å². The first-order valence-electron chi connectivity index (χ1n) is 12.2. The van der Waals surface area contributed by atoms with Gasteiger partial charge in [0.15, 0.2) is 0 Å². The van der Waals surface area contributed by atoms with Crippen molar-refractivity contribution in [3.05, 3.63) is 94.8 Å². The van der Waals surface area contributed by atoms with Crippen LogP contribution in [0.15, 0.2) is 66.7 Å². The molecular formula is C29H31FN2O. The summed E-state index contributed by atoms with van der Waals surface area (Å²) >= 11 is 0. The predicted octanol–water partition coefficient (Wildman–Crippen LogP) is 5.58. The molecule has 3 aromatic rings. The molecule has 2 N–H and O–H groups in total. The number of fused-ring (bicyclic) bond motifs is 1. The number of nitrogens with zero attached hydrogens (tertiary/aromatic N) is 1. The maximum absolute atomic E-state index is 14.9. The molecule has 2 fully saturated rings. The summed E-state index contributed by atoms with van der Waals surface area (Å²) in [6.45, 7) is 4.58. The summed E-state index contributed by atoms with van der Waals surface area (Å²) in [5.74, 6) is 0.330. The standard InChI is InChI=1S/C29H31FN2O/c30-27-4-2-1-3-25(27)26-11-7-21-17-23(33)10-12-24(21)28(26)20-5-8-22(9-6-20)32-15-13-29(14-16-32)18-31-19-29/h1-6,8-10,12,17,26,28,31,33H,7,11,13-16,18-19H2/t26-,28-/m1/s1. The van der Waals surface area contributed by atoms with Crippen LogP contribution in [0.2, 0.25) is 0 Å². The molecule has 0 amide bonds. The van der Waals surface area contributed by atoms with Gasteiger partial charge in [0, 0.05) is 37.8 Å². The number of phenols is 1. The highest BCUT2D eigenvalue weighted by Crippen LogP contribution is 2.48. The van der Waals surface area contributed by atoms with Gasteiger partial charge >= 0.3 is 0 Å². The van der Waals surface area contributed by atoms with Gasteiger partial charge in [-0.05, 0) is 89.6 Å². The van der Waals surface area contributed by atoms with Crippen LogP contribution in [-0.4, -0.2) is 31.3 Å². The number of aromatic hydroxyl groups is 1. The number of benzene rings is 3. The Hall–Kier alpha value is -2.85. The van der Waals surface area contributed by atoms with Crippen molar-refractivity contribution in [2.24, 2.45) is 5.41 Å². The minimum atomic E-state index is -0.126. The third-order valence-corrected chi connectivity index (χ3v) is 8.33. The SMILES string of the molecule is Oc1ccc2c(c1)CC[C@H](c1ccccc1F)[C@@H]2c1ccc(N2CCC3(CC2)CNC3)cc1. The van der Waals surface area contributed by atoms with Crippen molar-refractivity contribution in [3.8, 4) is 5.75 Å². The summed E-state index contributed by atoms with van der Waals surface area (Å²) in [6, 6.07) is 21.9. The largest absolute Gasteiger partial charge is 0.508 e. The summed E-state index contributed by atoms with van der Waals surface area (Å²) in [6.07, 6.45) is 4.24. The van der Waals surface area contributed by atoms with Crippen LogP contribution in [-0.2, 0) is 6.42 Å². The summed E-state index contributed by atoms with van der Waals surface area (Å²) < 4.78 is 14.9. The minimum Gasteiger partial charge on any atom is -0.508 e. The first-order valence-corrected chi connectivity index (χ1v) is 12.2. The fourth-order valence-corrected chi connectivity index (χ4v) is 6.29. The van der Waals surface area contributed by atoms with E-state index in [4.69, 9.17) is 0 Å². The fourth-order valence-electron chi connectivity index (χ4n) is 6.29. The van der Waals surface area contributed by atoms with Crippen molar-refractivity contribution in [1.82, 2.24) is 5.32 Å². The Bertz CT molecular complexity index is 1140. The molecule has 2 atom stereocenters. The van der Waals surface area contributed by atoms with Crippen LogP contribution >= 0.6 is 0 Å². The Morgan fingerprint density at radius 3 is 2.36 bits per heavy atom. The first kappa shape index (κ1) is 20.7. The molecule has 2 aliphatic heterocycles. The van der Waals surface area contributed by atoms with Gasteiger partial charge in [-0.3, -0.25) is 0 Å². The molecule has 2 heterocycles. The lowest BCUT2D eigenvalue weighted by Crippen LogP contribution is -2.58. The maximum atomic E-state index is 14.9. The Morgan fingerprint density at radius 1 is 0.909 bits per heavy atom. The fraction of sp³-hybridized carbons (Fsp3) is 0.379. The molecule has 0 saturated carbocycles. The second-order valence-corrected chi connectivity index (χ2v) is 10.2. The van der Waals surface area contributed by atoms with E-state index in [1.807, 2.05) is 24.3 Å². The number of aryl methyl sites for hydroxylation is 1. The number of hydrogen-bond acceptors (Lipinski definition) is 3. The maximum Gasteiger partial charge on any atom is 0.126 e. The van der Waals surface area contributed by atoms with Gasteiger partial charge in [0.25, 0.3) is 0 Å². The van der Waals surface area contributed by atoms with E-state index >= 15 is 0 Å². The second-order valence-electron chi connectivity index (χ2n) is 10.2. The molecule has 0 unspecified atom stereocenters. The second kappa shape index (κ2) is 8.18. The van der Waals surface area contributed by atoms with Gasteiger partial charge in [0.2, 0.25) is 0 Å². The van der Waals surface area contributed by atoms with Gasteiger partial charge in [0.05, 0.1) is 0 Å². The average Bonchev–Trinajstić information content (AvgIpc) is 2.83. The van der Waals surface area contributed by atoms with E-state index in [1.165, 1.54) is 48.3 Å². The van der Waals surface area contributed by atoms with Crippen LogP contribution in [0, 0.1) is 11.2 Å². The van der Waals surface area contributed by atoms with Crippen molar-refractivity contribution in [2.75, 3.05) is 31.1 Å². The zero-order chi connectivity index (χ0) is 22.4. The number of halogens is 1. The van der Waals surface area contributed by atoms with E-state index in [0.29, 0.717) is 11.2 Å². The van der Waals surface area contributed by atoms with Crippen LogP contribution in [0.1, 0.15) is 53.4 Å². The summed E-state index contributed by atoms with van der Waals surface area (Å²) in [5, 5.41) is 13.5. The third kappa shape index (κ3) is 3.71. The van der Waals surface area contributed by atoms with Gasteiger partial charge in [-0.25, -0.2) is 4.39 Å². The Labute approximate surface area is 195 Å². The predicted molar refractivity (Wildman–Crippen MR) is 131 cm³/mol. The first-order chi connectivity index (χ1) is 16.1. The van der Waals surface area contributed by atoms with Crippen molar-refractivity contribution < 1.29 is 9.50 Å². The molecular weight excluding hydrogens is 411 g/mol. The number of nitrogens with one attached hydrogen (secondary N) is 1. The van der Waals surface area contributed by atoms with Crippen molar-refractivity contribution in [1.29, 1.82) is 0 Å². The quantitative estimate of drug-likeness (QED) is 0.556. The van der Waals surface area contributed by atoms with Crippen molar-refractivity contribution in [2.45, 2.75) is 37.5 Å². The molecule has 3 nitrogen and oxygen atoms in total. The zero-order valence-corrected chi connectivity index (χ0v) is 18.9. The topological polar surface area (TPSA) is 35.5 Å². The van der Waals surface area contributed by atoms with E-state index in [2.05, 4.69) is 34.5 Å². The number of rotatable bonds is 3. The Morgan fingerprint density at radius 2 is 1.67 bits per heavy atom. The summed E-state index contributed by atoms with van der Waals surface area (Å²) in [7, 11) is 0. The summed E-state index contributed by atoms with van der Waals surface area (Å²) in [5.41, 5.74) is 6.21. The van der Waals surface area contributed by atoms with E-state index in [1.54, 1.807) is 18.2 Å². The lowest BCUT2D eigenvalue weighted by atomic mass is 9.69. The Balaban J connectivity index is 1.32. The minimum absolute atomic E-state index is 0.0750. The number of phenolic OH excluding ortho intramolecular Hbond substituents is 1. The van der Waals surface area contributed by atoms with Crippen LogP contribution in [0.25, 0.3) is 0 Å². The van der Waals surface area contributed by atoms with Gasteiger partial charge in [-0.15, -0.1) is 0 Å². The van der Waals surface area contributed by atoms with Crippen molar-refractivity contribution >= 4 is 5.69 Å². The normalized spacial score (nSPS) is 23.7. The van der Waals surface area contributed by atoms with E-state index < -0.39 is 0 Å². The molecule has 3 aromatic carbocycles. The van der Waals surface area contributed by atoms with E-state index in [-0.39, 0.29) is 17.7 Å². The molecule has 2 saturated heterocycles. The number of anilines is 1. The van der Waals surface area contributed by atoms with Gasteiger partial charge in [-0.1, -0.05) is 36.4 Å². The highest BCUT2D eigenvalue weighted by molar-refractivity contribution is 5.53. The average molecular weight is 443 g/mol. The zero-order valence-electron chi connectivity index (χ0n) is 18.9. The molecule has 6 rings (SSSR count). The smallest absolute Gasteiger partial charge is 0.126 e. The molecule has 3 aliphatic rings. The van der Waals surface area contributed by atoms with Gasteiger partial charge in [0.1, 0.15) is 11.6 Å². The third-order valence-electron chi connectivity index (χ3n) is 8.33. The lowest BCUT2D eigenvalue weighted by molar-refractivity contribution is 0.126. The molecule has 0 radical (unpaired) electrons. The van der Waals surface area contributed by atoms with Crippen LogP contribution in [0.5, 0.6) is 5.75 Å². The molecule has 170 valence electrons. The molecule has 4 heteroatoms. The molecule has 0 bridgehead atoms. The molecule has 1 spiro atoms. The van der Waals surface area contributed by atoms with Gasteiger partial charge < -0.3 is 15.3 Å². The highest BCUT2D eigenvalue weighted by atomic mass is 19.1. The number of hydrogen-bond donors (Lipinski definition) is 2. The molecule has 33 heavy (non-hydrogen) atoms. The van der Waals surface area contributed by atoms with Gasteiger partial charge in [-0.2, -0.15) is 0 Å². The van der Waals surface area contributed by atoms with Crippen LogP contribution < -0.4 is 10.2 Å². The monoisotopic (exact) mass is 442 g/mol. The molecule has 0 aromatic heterocycles. The highest BCUT2D eigenvalue weighted by Gasteiger charge is 2.39. The Kier molecular flexibility index (Phi) is 5.14. The van der Waals surface area contributed by atoms with E-state index in [0.717, 1.165) is 31.5 Å².